The maximum absolute atomic E-state index is 8.46. The van der Waals surface area contributed by atoms with E-state index in [4.69, 9.17) is 15.9 Å². The van der Waals surface area contributed by atoms with Crippen molar-refractivity contribution in [2.45, 2.75) is 0 Å². The van der Waals surface area contributed by atoms with Crippen LogP contribution in [0, 0.1) is 5.39 Å². The lowest BCUT2D eigenvalue weighted by Gasteiger charge is -1.97. The molecular formula is C7H8N3O+. The number of para-hydroxylation sites is 1. The first-order chi connectivity index (χ1) is 5.29. The second-order valence-electron chi connectivity index (χ2n) is 2.00. The highest BCUT2D eigenvalue weighted by Crippen LogP contribution is 2.32. The lowest BCUT2D eigenvalue weighted by molar-refractivity contribution is 0.419. The summed E-state index contributed by atoms with van der Waals surface area (Å²) in [7, 11) is 1.47. The molecule has 0 aromatic heterocycles. The molecule has 1 rings (SSSR count). The molecule has 1 aromatic rings. The van der Waals surface area contributed by atoms with Crippen LogP contribution in [-0.4, -0.2) is 7.11 Å². The molecule has 0 aliphatic rings. The van der Waals surface area contributed by atoms with E-state index in [-0.39, 0.29) is 0 Å². The molecule has 4 nitrogen and oxygen atoms in total. The van der Waals surface area contributed by atoms with Gasteiger partial charge in [0, 0.05) is 6.07 Å². The van der Waals surface area contributed by atoms with Crippen molar-refractivity contribution in [2.24, 2.45) is 0 Å². The fraction of sp³-hybridized carbons (Fsp3) is 0.143. The van der Waals surface area contributed by atoms with E-state index < -0.39 is 0 Å². The first-order valence-corrected chi connectivity index (χ1v) is 3.07. The van der Waals surface area contributed by atoms with E-state index in [2.05, 4.69) is 4.98 Å². The van der Waals surface area contributed by atoms with E-state index in [1.165, 1.54) is 7.11 Å². The van der Waals surface area contributed by atoms with Crippen LogP contribution in [0.25, 0.3) is 4.98 Å². The number of methoxy groups -OCH3 is 1. The minimum absolute atomic E-state index is 0.340. The molecule has 0 aliphatic heterocycles. The minimum Gasteiger partial charge on any atom is -0.488 e. The Labute approximate surface area is 64.2 Å². The van der Waals surface area contributed by atoms with Crippen LogP contribution >= 0.6 is 0 Å². The number of benzene rings is 1. The van der Waals surface area contributed by atoms with Gasteiger partial charge in [0.05, 0.1) is 12.8 Å². The van der Waals surface area contributed by atoms with Crippen molar-refractivity contribution in [3.8, 4) is 5.75 Å². The summed E-state index contributed by atoms with van der Waals surface area (Å²) in [5.74, 6) is 0.398. The molecule has 0 heterocycles. The molecule has 0 radical (unpaired) electrons. The quantitative estimate of drug-likeness (QED) is 0.490. The summed E-state index contributed by atoms with van der Waals surface area (Å²) in [6.07, 6.45) is 0. The molecule has 0 unspecified atom stereocenters. The van der Waals surface area contributed by atoms with E-state index in [1.807, 2.05) is 0 Å². The van der Waals surface area contributed by atoms with Crippen LogP contribution in [0.4, 0.5) is 11.4 Å². The van der Waals surface area contributed by atoms with Crippen LogP contribution in [0.15, 0.2) is 18.2 Å². The molecule has 0 bridgehead atoms. The van der Waals surface area contributed by atoms with Gasteiger partial charge in [-0.1, -0.05) is 6.07 Å². The largest absolute Gasteiger partial charge is 0.488 e. The lowest BCUT2D eigenvalue weighted by atomic mass is 10.2. The summed E-state index contributed by atoms with van der Waals surface area (Å²) in [6.45, 7) is 0. The maximum Gasteiger partial charge on any atom is 0.428 e. The topological polar surface area (TPSA) is 63.4 Å². The van der Waals surface area contributed by atoms with E-state index >= 15 is 0 Å². The molecule has 0 saturated carbocycles. The zero-order chi connectivity index (χ0) is 8.27. The van der Waals surface area contributed by atoms with Gasteiger partial charge in [0.2, 0.25) is 11.1 Å². The number of nitrogen functional groups attached to an aromatic ring is 1. The van der Waals surface area contributed by atoms with Gasteiger partial charge in [0.15, 0.2) is 4.98 Å². The van der Waals surface area contributed by atoms with E-state index in [0.717, 1.165) is 0 Å². The van der Waals surface area contributed by atoms with Crippen LogP contribution in [0.1, 0.15) is 0 Å². The molecule has 0 amide bonds. The van der Waals surface area contributed by atoms with E-state index in [1.54, 1.807) is 18.2 Å². The second-order valence-corrected chi connectivity index (χ2v) is 2.00. The Morgan fingerprint density at radius 3 is 2.73 bits per heavy atom. The molecule has 0 aliphatic carbocycles. The highest BCUT2D eigenvalue weighted by molar-refractivity contribution is 5.69. The average Bonchev–Trinajstić information content (AvgIpc) is 2.04. The van der Waals surface area contributed by atoms with Crippen molar-refractivity contribution >= 4 is 11.4 Å². The summed E-state index contributed by atoms with van der Waals surface area (Å²) in [5.41, 5.74) is 6.31. The molecule has 0 fully saturated rings. The van der Waals surface area contributed by atoms with Crippen molar-refractivity contribution in [3.05, 3.63) is 23.2 Å². The molecule has 1 aromatic carbocycles. The summed E-state index contributed by atoms with van der Waals surface area (Å²) >= 11 is 0. The lowest BCUT2D eigenvalue weighted by Crippen LogP contribution is -1.90. The van der Waals surface area contributed by atoms with Gasteiger partial charge in [-0.15, -0.1) is 0 Å². The Balaban J connectivity index is 3.27. The zero-order valence-electron chi connectivity index (χ0n) is 6.11. The number of hydrogen-bond donors (Lipinski definition) is 1. The van der Waals surface area contributed by atoms with Gasteiger partial charge in [0.1, 0.15) is 0 Å². The molecule has 0 saturated heterocycles. The van der Waals surface area contributed by atoms with E-state index in [0.29, 0.717) is 17.1 Å². The molecule has 0 atom stereocenters. The Kier molecular flexibility index (Phi) is 1.93. The van der Waals surface area contributed by atoms with Gasteiger partial charge in [-0.25, -0.2) is 0 Å². The fourth-order valence-electron chi connectivity index (χ4n) is 0.843. The number of diazo groups is 1. The molecule has 0 spiro atoms. The molecule has 56 valence electrons. The van der Waals surface area contributed by atoms with Gasteiger partial charge in [0.25, 0.3) is 0 Å². The van der Waals surface area contributed by atoms with Gasteiger partial charge in [-0.05, 0) is 6.07 Å². The smallest absolute Gasteiger partial charge is 0.428 e. The van der Waals surface area contributed by atoms with Crippen molar-refractivity contribution < 1.29 is 4.74 Å². The Bertz CT molecular complexity index is 303. The fourth-order valence-corrected chi connectivity index (χ4v) is 0.843. The number of nitrogens with zero attached hydrogens (tertiary/aromatic N) is 2. The van der Waals surface area contributed by atoms with Crippen LogP contribution < -0.4 is 10.5 Å². The number of nitrogens with two attached hydrogens (primary N) is 1. The highest BCUT2D eigenvalue weighted by atomic mass is 16.5. The molecule has 4 heteroatoms. The van der Waals surface area contributed by atoms with Crippen molar-refractivity contribution in [1.29, 1.82) is 5.39 Å². The normalized spacial score (nSPS) is 8.73. The predicted octanol–water partition coefficient (Wildman–Crippen LogP) is 1.76. The van der Waals surface area contributed by atoms with Crippen LogP contribution in [0.5, 0.6) is 5.75 Å². The number of anilines is 1. The maximum atomic E-state index is 8.46. The Morgan fingerprint density at radius 2 is 2.27 bits per heavy atom. The summed E-state index contributed by atoms with van der Waals surface area (Å²) < 4.78 is 4.89. The predicted molar refractivity (Wildman–Crippen MR) is 42.2 cm³/mol. The van der Waals surface area contributed by atoms with Gasteiger partial charge >= 0.3 is 5.69 Å². The monoisotopic (exact) mass is 150 g/mol. The summed E-state index contributed by atoms with van der Waals surface area (Å²) in [6, 6.07) is 4.97. The summed E-state index contributed by atoms with van der Waals surface area (Å²) in [4.78, 5) is 3.00. The van der Waals surface area contributed by atoms with Crippen LogP contribution in [-0.2, 0) is 0 Å². The van der Waals surface area contributed by atoms with E-state index in [9.17, 15) is 0 Å². The van der Waals surface area contributed by atoms with Crippen molar-refractivity contribution in [2.75, 3.05) is 12.8 Å². The standard InChI is InChI=1S/C7H8N3O/c1-11-7-5(8)3-2-4-6(7)10-9/h2-4H,8H2,1H3/q+1. The Morgan fingerprint density at radius 1 is 1.55 bits per heavy atom. The van der Waals surface area contributed by atoms with Crippen molar-refractivity contribution in [1.82, 2.24) is 0 Å². The van der Waals surface area contributed by atoms with Gasteiger partial charge < -0.3 is 10.5 Å². The average molecular weight is 150 g/mol. The van der Waals surface area contributed by atoms with Gasteiger partial charge in [-0.2, -0.15) is 0 Å². The molecule has 11 heavy (non-hydrogen) atoms. The third-order valence-electron chi connectivity index (χ3n) is 1.34. The molecule has 2 N–H and O–H groups in total. The van der Waals surface area contributed by atoms with Crippen molar-refractivity contribution in [3.63, 3.8) is 0 Å². The summed E-state index contributed by atoms with van der Waals surface area (Å²) in [5, 5.41) is 8.46. The zero-order valence-corrected chi connectivity index (χ0v) is 6.11. The number of hydrogen-bond acceptors (Lipinski definition) is 3. The SMILES string of the molecule is COc1c(N)cccc1[N+]#N. The molecular weight excluding hydrogens is 142 g/mol. The number of rotatable bonds is 1. The number of ether oxygens (including phenoxy) is 1. The third kappa shape index (κ3) is 1.22. The highest BCUT2D eigenvalue weighted by Gasteiger charge is 2.15. The van der Waals surface area contributed by atoms with Gasteiger partial charge in [-0.3, -0.25) is 0 Å². The first kappa shape index (κ1) is 7.35. The first-order valence-electron chi connectivity index (χ1n) is 3.07. The Hall–Kier alpha value is -1.76. The van der Waals surface area contributed by atoms with Crippen LogP contribution in [0.3, 0.4) is 0 Å². The minimum atomic E-state index is 0.340. The van der Waals surface area contributed by atoms with Crippen LogP contribution in [0.2, 0.25) is 0 Å². The third-order valence-corrected chi connectivity index (χ3v) is 1.34. The second kappa shape index (κ2) is 2.88.